The van der Waals surface area contributed by atoms with Crippen molar-refractivity contribution < 1.29 is 13.6 Å². The summed E-state index contributed by atoms with van der Waals surface area (Å²) in [6.07, 6.45) is 1.38. The number of hydrogen-bond acceptors (Lipinski definition) is 6. The van der Waals surface area contributed by atoms with Crippen molar-refractivity contribution in [1.29, 1.82) is 0 Å². The van der Waals surface area contributed by atoms with E-state index in [1.165, 1.54) is 34.5 Å². The van der Waals surface area contributed by atoms with Crippen molar-refractivity contribution >= 4 is 45.5 Å². The molecule has 1 amide bonds. The third-order valence-electron chi connectivity index (χ3n) is 3.26. The van der Waals surface area contributed by atoms with Gasteiger partial charge in [0, 0.05) is 26.9 Å². The molecular weight excluding hydrogens is 384 g/mol. The first-order valence-corrected chi connectivity index (χ1v) is 9.75. The van der Waals surface area contributed by atoms with Crippen LogP contribution in [-0.2, 0) is 0 Å². The number of thiazole rings is 1. The number of amides is 1. The number of thioether (sulfide) groups is 1. The molecule has 4 nitrogen and oxygen atoms in total. The van der Waals surface area contributed by atoms with Crippen molar-refractivity contribution in [1.82, 2.24) is 9.97 Å². The summed E-state index contributed by atoms with van der Waals surface area (Å²) in [4.78, 5) is 23.0. The Morgan fingerprint density at radius 3 is 2.84 bits per heavy atom. The van der Waals surface area contributed by atoms with E-state index in [1.807, 2.05) is 19.2 Å². The summed E-state index contributed by atoms with van der Waals surface area (Å²) < 4.78 is 25.2. The van der Waals surface area contributed by atoms with E-state index in [4.69, 9.17) is 0 Å². The first-order chi connectivity index (χ1) is 11.9. The number of anilines is 1. The molecule has 0 aliphatic carbocycles. The van der Waals surface area contributed by atoms with E-state index in [9.17, 15) is 13.6 Å². The molecular formula is C16H13F2N3OS3. The maximum absolute atomic E-state index is 12.6. The molecule has 1 N–H and O–H groups in total. The van der Waals surface area contributed by atoms with Crippen LogP contribution in [0.4, 0.5) is 13.9 Å². The monoisotopic (exact) mass is 397 g/mol. The van der Waals surface area contributed by atoms with Crippen LogP contribution in [0.25, 0.3) is 11.3 Å². The van der Waals surface area contributed by atoms with Gasteiger partial charge in [-0.25, -0.2) is 9.97 Å². The zero-order chi connectivity index (χ0) is 18.0. The Balaban J connectivity index is 1.80. The van der Waals surface area contributed by atoms with E-state index in [-0.39, 0.29) is 22.4 Å². The average Bonchev–Trinajstić information content (AvgIpc) is 3.13. The Labute approximate surface area is 155 Å². The van der Waals surface area contributed by atoms with E-state index in [0.717, 1.165) is 16.1 Å². The number of carbonyl (C=O) groups is 1. The molecule has 0 fully saturated rings. The standard InChI is InChI=1S/C16H13F2N3OS3/c1-8-6-11(9(2)24-8)12-7-23-16(20-12)21-13(22)10-4-3-5-19-14(10)25-15(17)18/h3-7,15H,1-2H3,(H,20,21,22). The highest BCUT2D eigenvalue weighted by molar-refractivity contribution is 7.99. The van der Waals surface area contributed by atoms with E-state index < -0.39 is 11.7 Å². The number of aromatic nitrogens is 2. The quantitative estimate of drug-likeness (QED) is 0.582. The van der Waals surface area contributed by atoms with Crippen LogP contribution in [0.1, 0.15) is 20.1 Å². The van der Waals surface area contributed by atoms with Crippen molar-refractivity contribution in [2.45, 2.75) is 24.6 Å². The molecule has 0 spiro atoms. The van der Waals surface area contributed by atoms with Crippen LogP contribution in [0.2, 0.25) is 0 Å². The van der Waals surface area contributed by atoms with Gasteiger partial charge in [0.15, 0.2) is 5.13 Å². The number of thiophene rings is 1. The van der Waals surface area contributed by atoms with E-state index in [2.05, 4.69) is 21.4 Å². The largest absolute Gasteiger partial charge is 0.298 e. The lowest BCUT2D eigenvalue weighted by atomic mass is 10.2. The minimum Gasteiger partial charge on any atom is -0.298 e. The average molecular weight is 397 g/mol. The molecule has 9 heteroatoms. The fraction of sp³-hybridized carbons (Fsp3) is 0.188. The van der Waals surface area contributed by atoms with Gasteiger partial charge in [-0.3, -0.25) is 10.1 Å². The minimum atomic E-state index is -2.64. The summed E-state index contributed by atoms with van der Waals surface area (Å²) in [5, 5.41) is 4.94. The normalized spacial score (nSPS) is 11.1. The Morgan fingerprint density at radius 1 is 1.36 bits per heavy atom. The highest BCUT2D eigenvalue weighted by Gasteiger charge is 2.18. The first kappa shape index (κ1) is 18.0. The van der Waals surface area contributed by atoms with Gasteiger partial charge in [0.1, 0.15) is 5.03 Å². The van der Waals surface area contributed by atoms with Gasteiger partial charge in [0.05, 0.1) is 11.3 Å². The molecule has 0 bridgehead atoms. The molecule has 0 aromatic carbocycles. The summed E-state index contributed by atoms with van der Waals surface area (Å²) in [5.74, 6) is -3.15. The number of nitrogens with one attached hydrogen (secondary N) is 1. The number of alkyl halides is 2. The van der Waals surface area contributed by atoms with Crippen molar-refractivity contribution in [3.8, 4) is 11.3 Å². The molecule has 3 heterocycles. The number of carbonyl (C=O) groups excluding carboxylic acids is 1. The predicted molar refractivity (Wildman–Crippen MR) is 99.0 cm³/mol. The van der Waals surface area contributed by atoms with E-state index in [0.29, 0.717) is 5.13 Å². The van der Waals surface area contributed by atoms with Crippen LogP contribution in [0.15, 0.2) is 34.8 Å². The molecule has 3 aromatic heterocycles. The van der Waals surface area contributed by atoms with Crippen LogP contribution >= 0.6 is 34.4 Å². The molecule has 0 radical (unpaired) electrons. The summed E-state index contributed by atoms with van der Waals surface area (Å²) in [6, 6.07) is 5.06. The lowest BCUT2D eigenvalue weighted by molar-refractivity contribution is 0.102. The predicted octanol–water partition coefficient (Wildman–Crippen LogP) is 5.45. The summed E-state index contributed by atoms with van der Waals surface area (Å²) in [7, 11) is 0. The molecule has 0 saturated heterocycles. The van der Waals surface area contributed by atoms with Gasteiger partial charge in [-0.1, -0.05) is 0 Å². The number of nitrogens with zero attached hydrogens (tertiary/aromatic N) is 2. The second-order valence-corrected chi connectivity index (χ2v) is 8.35. The fourth-order valence-corrected chi connectivity index (χ4v) is 4.46. The van der Waals surface area contributed by atoms with Crippen molar-refractivity contribution in [3.05, 3.63) is 45.1 Å². The third-order valence-corrected chi connectivity index (χ3v) is 5.71. The number of rotatable bonds is 5. The van der Waals surface area contributed by atoms with Gasteiger partial charge >= 0.3 is 0 Å². The molecule has 0 aliphatic heterocycles. The molecule has 130 valence electrons. The second-order valence-electron chi connectivity index (χ2n) is 5.05. The third kappa shape index (κ3) is 4.23. The van der Waals surface area contributed by atoms with Gasteiger partial charge in [-0.2, -0.15) is 8.78 Å². The summed E-state index contributed by atoms with van der Waals surface area (Å²) in [6.45, 7) is 4.05. The van der Waals surface area contributed by atoms with Crippen molar-refractivity contribution in [3.63, 3.8) is 0 Å². The highest BCUT2D eigenvalue weighted by Crippen LogP contribution is 2.33. The van der Waals surface area contributed by atoms with E-state index in [1.54, 1.807) is 11.3 Å². The summed E-state index contributed by atoms with van der Waals surface area (Å²) >= 11 is 3.23. The Morgan fingerprint density at radius 2 is 2.16 bits per heavy atom. The molecule has 0 saturated carbocycles. The molecule has 0 aliphatic rings. The molecule has 25 heavy (non-hydrogen) atoms. The van der Waals surface area contributed by atoms with Crippen LogP contribution in [-0.4, -0.2) is 21.6 Å². The first-order valence-electron chi connectivity index (χ1n) is 7.18. The van der Waals surface area contributed by atoms with Gasteiger partial charge in [0.2, 0.25) is 0 Å². The molecule has 3 aromatic rings. The van der Waals surface area contributed by atoms with E-state index >= 15 is 0 Å². The van der Waals surface area contributed by atoms with Gasteiger partial charge in [-0.15, -0.1) is 22.7 Å². The number of hydrogen-bond donors (Lipinski definition) is 1. The van der Waals surface area contributed by atoms with Crippen LogP contribution in [0, 0.1) is 13.8 Å². The molecule has 0 unspecified atom stereocenters. The topological polar surface area (TPSA) is 54.9 Å². The highest BCUT2D eigenvalue weighted by atomic mass is 32.2. The Bertz CT molecular complexity index is 908. The Hall–Kier alpha value is -1.84. The zero-order valence-corrected chi connectivity index (χ0v) is 15.7. The van der Waals surface area contributed by atoms with Crippen molar-refractivity contribution in [2.75, 3.05) is 5.32 Å². The smallest absolute Gasteiger partial charge is 0.290 e. The van der Waals surface area contributed by atoms with Crippen molar-refractivity contribution in [2.24, 2.45) is 0 Å². The van der Waals surface area contributed by atoms with Gasteiger partial charge < -0.3 is 0 Å². The van der Waals surface area contributed by atoms with Crippen LogP contribution in [0.5, 0.6) is 0 Å². The van der Waals surface area contributed by atoms with Gasteiger partial charge in [-0.05, 0) is 43.8 Å². The lowest BCUT2D eigenvalue weighted by Crippen LogP contribution is -2.13. The number of aryl methyl sites for hydroxylation is 2. The van der Waals surface area contributed by atoms with Gasteiger partial charge in [0.25, 0.3) is 11.7 Å². The maximum atomic E-state index is 12.6. The number of pyridine rings is 1. The SMILES string of the molecule is Cc1cc(-c2csc(NC(=O)c3cccnc3SC(F)F)n2)c(C)s1. The molecule has 3 rings (SSSR count). The zero-order valence-electron chi connectivity index (χ0n) is 13.2. The van der Waals surface area contributed by atoms with Crippen LogP contribution in [0.3, 0.4) is 0 Å². The molecule has 0 atom stereocenters. The lowest BCUT2D eigenvalue weighted by Gasteiger charge is -2.06. The minimum absolute atomic E-state index is 0.00363. The Kier molecular flexibility index (Phi) is 5.45. The maximum Gasteiger partial charge on any atom is 0.290 e. The fourth-order valence-electron chi connectivity index (χ4n) is 2.25. The summed E-state index contributed by atoms with van der Waals surface area (Å²) in [5.41, 5.74) is 1.93. The number of halogens is 2. The second kappa shape index (κ2) is 7.59. The van der Waals surface area contributed by atoms with Crippen LogP contribution < -0.4 is 5.32 Å².